The Balaban J connectivity index is 2.09. The van der Waals surface area contributed by atoms with Gasteiger partial charge in [0.2, 0.25) is 0 Å². The Morgan fingerprint density at radius 1 is 1.00 bits per heavy atom. The van der Waals surface area contributed by atoms with Crippen LogP contribution in [0.25, 0.3) is 10.9 Å². The van der Waals surface area contributed by atoms with E-state index in [9.17, 15) is 0 Å². The van der Waals surface area contributed by atoms with Crippen molar-refractivity contribution in [2.45, 2.75) is 9.79 Å². The predicted octanol–water partition coefficient (Wildman–Crippen LogP) is 4.62. The zero-order valence-corrected chi connectivity index (χ0v) is 11.6. The Bertz CT molecular complexity index is 726. The topological polar surface area (TPSA) is 38.9 Å². The fourth-order valence-electron chi connectivity index (χ4n) is 1.87. The van der Waals surface area contributed by atoms with Gasteiger partial charge in [0, 0.05) is 20.2 Å². The summed E-state index contributed by atoms with van der Waals surface area (Å²) in [6, 6.07) is 15.7. The van der Waals surface area contributed by atoms with Gasteiger partial charge in [0.25, 0.3) is 0 Å². The van der Waals surface area contributed by atoms with Crippen molar-refractivity contribution in [1.29, 1.82) is 0 Å². The zero-order valence-electron chi connectivity index (χ0n) is 10.0. The lowest BCUT2D eigenvalue weighted by Crippen LogP contribution is -1.92. The third kappa shape index (κ3) is 2.53. The molecule has 0 aliphatic rings. The quantitative estimate of drug-likeness (QED) is 0.747. The summed E-state index contributed by atoms with van der Waals surface area (Å²) in [7, 11) is 0. The van der Waals surface area contributed by atoms with E-state index in [1.807, 2.05) is 48.5 Å². The van der Waals surface area contributed by atoms with Crippen molar-refractivity contribution in [3.8, 4) is 0 Å². The molecule has 0 saturated carbocycles. The summed E-state index contributed by atoms with van der Waals surface area (Å²) in [5.41, 5.74) is 7.70. The van der Waals surface area contributed by atoms with Gasteiger partial charge in [0.15, 0.2) is 0 Å². The first-order chi connectivity index (χ1) is 9.24. The molecule has 19 heavy (non-hydrogen) atoms. The number of fused-ring (bicyclic) bond motifs is 1. The van der Waals surface area contributed by atoms with Crippen molar-refractivity contribution in [3.05, 3.63) is 59.8 Å². The van der Waals surface area contributed by atoms with Crippen molar-refractivity contribution in [1.82, 2.24) is 4.98 Å². The van der Waals surface area contributed by atoms with E-state index in [0.717, 1.165) is 25.7 Å². The number of nitrogens with two attached hydrogens (primary N) is 1. The highest BCUT2D eigenvalue weighted by molar-refractivity contribution is 7.99. The first-order valence-corrected chi connectivity index (χ1v) is 7.00. The molecule has 0 saturated heterocycles. The molecule has 2 N–H and O–H groups in total. The second-order valence-corrected chi connectivity index (χ2v) is 5.64. The molecule has 0 spiro atoms. The highest BCUT2D eigenvalue weighted by atomic mass is 35.5. The van der Waals surface area contributed by atoms with Crippen LogP contribution >= 0.6 is 23.4 Å². The van der Waals surface area contributed by atoms with Crippen LogP contribution in [-0.4, -0.2) is 4.98 Å². The first-order valence-electron chi connectivity index (χ1n) is 5.81. The summed E-state index contributed by atoms with van der Waals surface area (Å²) < 4.78 is 0. The van der Waals surface area contributed by atoms with Crippen molar-refractivity contribution < 1.29 is 0 Å². The van der Waals surface area contributed by atoms with Crippen LogP contribution in [0.5, 0.6) is 0 Å². The molecular weight excluding hydrogens is 276 g/mol. The SMILES string of the molecule is Nc1cnc2ccccc2c1Sc1ccc(Cl)cc1. The number of nitrogen functional groups attached to an aromatic ring is 1. The number of para-hydroxylation sites is 1. The highest BCUT2D eigenvalue weighted by Gasteiger charge is 2.08. The molecule has 0 aliphatic heterocycles. The highest BCUT2D eigenvalue weighted by Crippen LogP contribution is 2.37. The smallest absolute Gasteiger partial charge is 0.0715 e. The van der Waals surface area contributed by atoms with Crippen LogP contribution in [0.1, 0.15) is 0 Å². The third-order valence-electron chi connectivity index (χ3n) is 2.79. The third-order valence-corrected chi connectivity index (χ3v) is 4.21. The van der Waals surface area contributed by atoms with E-state index in [1.54, 1.807) is 18.0 Å². The molecule has 1 aromatic heterocycles. The maximum atomic E-state index is 6.05. The molecule has 0 atom stereocenters. The van der Waals surface area contributed by atoms with Gasteiger partial charge >= 0.3 is 0 Å². The predicted molar refractivity (Wildman–Crippen MR) is 81.7 cm³/mol. The van der Waals surface area contributed by atoms with Crippen LogP contribution < -0.4 is 5.73 Å². The molecule has 0 amide bonds. The summed E-state index contributed by atoms with van der Waals surface area (Å²) in [5.74, 6) is 0. The molecule has 0 fully saturated rings. The number of hydrogen-bond donors (Lipinski definition) is 1. The number of pyridine rings is 1. The summed E-state index contributed by atoms with van der Waals surface area (Å²) in [5, 5.41) is 1.80. The van der Waals surface area contributed by atoms with E-state index >= 15 is 0 Å². The minimum atomic E-state index is 0.693. The number of hydrogen-bond acceptors (Lipinski definition) is 3. The molecular formula is C15H11ClN2S. The van der Waals surface area contributed by atoms with E-state index in [2.05, 4.69) is 4.98 Å². The van der Waals surface area contributed by atoms with Gasteiger partial charge in [-0.05, 0) is 30.3 Å². The van der Waals surface area contributed by atoms with Crippen LogP contribution in [0.4, 0.5) is 5.69 Å². The lowest BCUT2D eigenvalue weighted by atomic mass is 10.2. The van der Waals surface area contributed by atoms with E-state index in [1.165, 1.54) is 0 Å². The zero-order chi connectivity index (χ0) is 13.2. The number of rotatable bonds is 2. The lowest BCUT2D eigenvalue weighted by Gasteiger charge is -2.09. The average Bonchev–Trinajstić information content (AvgIpc) is 2.44. The Hall–Kier alpha value is -1.71. The molecule has 0 aliphatic carbocycles. The van der Waals surface area contributed by atoms with Gasteiger partial charge in [-0.15, -0.1) is 0 Å². The number of benzene rings is 2. The van der Waals surface area contributed by atoms with Gasteiger partial charge in [0.05, 0.1) is 17.4 Å². The average molecular weight is 287 g/mol. The molecule has 2 nitrogen and oxygen atoms in total. The standard InChI is InChI=1S/C15H11ClN2S/c16-10-5-7-11(8-6-10)19-15-12-3-1-2-4-14(12)18-9-13(15)17/h1-9H,17H2. The van der Waals surface area contributed by atoms with Crippen LogP contribution in [0, 0.1) is 0 Å². The summed E-state index contributed by atoms with van der Waals surface area (Å²) in [4.78, 5) is 6.48. The van der Waals surface area contributed by atoms with Gasteiger partial charge in [0.1, 0.15) is 0 Å². The van der Waals surface area contributed by atoms with Crippen molar-refractivity contribution >= 4 is 40.0 Å². The number of aromatic nitrogens is 1. The second-order valence-electron chi connectivity index (χ2n) is 4.12. The fourth-order valence-corrected chi connectivity index (χ4v) is 2.95. The molecule has 0 unspecified atom stereocenters. The van der Waals surface area contributed by atoms with Crippen molar-refractivity contribution in [3.63, 3.8) is 0 Å². The number of nitrogens with zero attached hydrogens (tertiary/aromatic N) is 1. The van der Waals surface area contributed by atoms with Crippen LogP contribution in [0.2, 0.25) is 5.02 Å². The Morgan fingerprint density at radius 3 is 2.53 bits per heavy atom. The fraction of sp³-hybridized carbons (Fsp3) is 0. The van der Waals surface area contributed by atoms with E-state index in [4.69, 9.17) is 17.3 Å². The van der Waals surface area contributed by atoms with Gasteiger partial charge in [-0.25, -0.2) is 0 Å². The van der Waals surface area contributed by atoms with Crippen LogP contribution in [0.3, 0.4) is 0 Å². The maximum Gasteiger partial charge on any atom is 0.0715 e. The summed E-state index contributed by atoms with van der Waals surface area (Å²) >= 11 is 7.53. The molecule has 4 heteroatoms. The van der Waals surface area contributed by atoms with Crippen molar-refractivity contribution in [2.75, 3.05) is 5.73 Å². The molecule has 1 heterocycles. The first kappa shape index (κ1) is 12.3. The van der Waals surface area contributed by atoms with Gasteiger partial charge in [-0.2, -0.15) is 0 Å². The monoisotopic (exact) mass is 286 g/mol. The van der Waals surface area contributed by atoms with Gasteiger partial charge in [-0.1, -0.05) is 41.6 Å². The summed E-state index contributed by atoms with van der Waals surface area (Å²) in [6.07, 6.45) is 1.71. The molecule has 0 radical (unpaired) electrons. The minimum Gasteiger partial charge on any atom is -0.397 e. The normalized spacial score (nSPS) is 10.8. The van der Waals surface area contributed by atoms with Gasteiger partial charge in [-0.3, -0.25) is 4.98 Å². The molecule has 0 bridgehead atoms. The minimum absolute atomic E-state index is 0.693. The lowest BCUT2D eigenvalue weighted by molar-refractivity contribution is 1.35. The molecule has 2 aromatic carbocycles. The van der Waals surface area contributed by atoms with E-state index in [-0.39, 0.29) is 0 Å². The molecule has 94 valence electrons. The second kappa shape index (κ2) is 5.11. The maximum absolute atomic E-state index is 6.05. The van der Waals surface area contributed by atoms with Gasteiger partial charge < -0.3 is 5.73 Å². The molecule has 3 rings (SSSR count). The number of anilines is 1. The van der Waals surface area contributed by atoms with Crippen LogP contribution in [0.15, 0.2) is 64.5 Å². The summed E-state index contributed by atoms with van der Waals surface area (Å²) in [6.45, 7) is 0. The Kier molecular flexibility index (Phi) is 3.32. The van der Waals surface area contributed by atoms with Crippen LogP contribution in [-0.2, 0) is 0 Å². The largest absolute Gasteiger partial charge is 0.397 e. The van der Waals surface area contributed by atoms with Crippen molar-refractivity contribution in [2.24, 2.45) is 0 Å². The Labute approximate surface area is 120 Å². The number of halogens is 1. The van der Waals surface area contributed by atoms with E-state index < -0.39 is 0 Å². The van der Waals surface area contributed by atoms with E-state index in [0.29, 0.717) is 5.69 Å². The molecule has 3 aromatic rings. The Morgan fingerprint density at radius 2 is 1.74 bits per heavy atom.